The Hall–Kier alpha value is -2.76. The monoisotopic (exact) mass is 333 g/mol. The number of esters is 1. The molecule has 0 aliphatic carbocycles. The number of anilines is 1. The van der Waals surface area contributed by atoms with E-state index in [9.17, 15) is 18.4 Å². The third-order valence-corrected chi connectivity index (χ3v) is 3.33. The molecule has 2 aromatic carbocycles. The second-order valence-corrected chi connectivity index (χ2v) is 5.41. The first-order valence-electron chi connectivity index (χ1n) is 7.36. The van der Waals surface area contributed by atoms with E-state index in [-0.39, 0.29) is 12.1 Å². The minimum atomic E-state index is -1.07. The Bertz CT molecular complexity index is 744. The molecule has 1 N–H and O–H groups in total. The fourth-order valence-electron chi connectivity index (χ4n) is 1.98. The molecule has 0 aromatic heterocycles. The van der Waals surface area contributed by atoms with E-state index in [0.717, 1.165) is 23.3 Å². The number of benzene rings is 2. The van der Waals surface area contributed by atoms with Gasteiger partial charge in [0, 0.05) is 11.8 Å². The van der Waals surface area contributed by atoms with Gasteiger partial charge in [-0.1, -0.05) is 29.8 Å². The van der Waals surface area contributed by atoms with Crippen molar-refractivity contribution in [3.63, 3.8) is 0 Å². The number of amides is 1. The normalized spacial score (nSPS) is 11.7. The van der Waals surface area contributed by atoms with Crippen LogP contribution in [0.2, 0.25) is 0 Å². The van der Waals surface area contributed by atoms with E-state index >= 15 is 0 Å². The lowest BCUT2D eigenvalue weighted by Gasteiger charge is -2.13. The predicted molar refractivity (Wildman–Crippen MR) is 85.4 cm³/mol. The van der Waals surface area contributed by atoms with E-state index in [4.69, 9.17) is 4.74 Å². The summed E-state index contributed by atoms with van der Waals surface area (Å²) in [4.78, 5) is 23.8. The third kappa shape index (κ3) is 4.87. The van der Waals surface area contributed by atoms with Gasteiger partial charge in [0.25, 0.3) is 5.91 Å². The van der Waals surface area contributed by atoms with E-state index < -0.39 is 29.6 Å². The number of carbonyl (C=O) groups is 2. The Kier molecular flexibility index (Phi) is 5.63. The second kappa shape index (κ2) is 7.68. The lowest BCUT2D eigenvalue weighted by molar-refractivity contribution is -0.152. The van der Waals surface area contributed by atoms with Crippen LogP contribution in [0, 0.1) is 18.6 Å². The van der Waals surface area contributed by atoms with Gasteiger partial charge < -0.3 is 10.1 Å². The van der Waals surface area contributed by atoms with Crippen LogP contribution >= 0.6 is 0 Å². The summed E-state index contributed by atoms with van der Waals surface area (Å²) in [6, 6.07) is 10.3. The first-order valence-corrected chi connectivity index (χ1v) is 7.36. The van der Waals surface area contributed by atoms with Gasteiger partial charge in [-0.2, -0.15) is 0 Å². The van der Waals surface area contributed by atoms with Gasteiger partial charge in [-0.15, -0.1) is 0 Å². The van der Waals surface area contributed by atoms with Crippen molar-refractivity contribution in [3.05, 3.63) is 65.2 Å². The molecule has 1 atom stereocenters. The predicted octanol–water partition coefficient (Wildman–Crippen LogP) is 3.39. The summed E-state index contributed by atoms with van der Waals surface area (Å²) in [5.74, 6) is -3.26. The zero-order chi connectivity index (χ0) is 17.7. The molecule has 0 unspecified atom stereocenters. The van der Waals surface area contributed by atoms with Gasteiger partial charge in [0.2, 0.25) is 0 Å². The molecular formula is C18H17F2NO3. The van der Waals surface area contributed by atoms with E-state index in [2.05, 4.69) is 5.32 Å². The molecule has 1 amide bonds. The highest BCUT2D eigenvalue weighted by Gasteiger charge is 2.18. The van der Waals surface area contributed by atoms with Crippen molar-refractivity contribution in [1.82, 2.24) is 0 Å². The highest BCUT2D eigenvalue weighted by Crippen LogP contribution is 2.14. The van der Waals surface area contributed by atoms with Gasteiger partial charge in [-0.25, -0.2) is 8.78 Å². The van der Waals surface area contributed by atoms with Crippen LogP contribution < -0.4 is 5.32 Å². The van der Waals surface area contributed by atoms with Crippen molar-refractivity contribution in [2.45, 2.75) is 26.4 Å². The molecule has 0 aliphatic heterocycles. The molecule has 0 saturated carbocycles. The molecule has 4 nitrogen and oxygen atoms in total. The number of rotatable bonds is 5. The number of hydrogen-bond donors (Lipinski definition) is 1. The highest BCUT2D eigenvalue weighted by atomic mass is 19.2. The fraction of sp³-hybridized carbons (Fsp3) is 0.222. The summed E-state index contributed by atoms with van der Waals surface area (Å²) in [6.07, 6.45) is -1.01. The Balaban J connectivity index is 1.89. The molecule has 6 heteroatoms. The SMILES string of the molecule is Cc1ccc(CC(=O)O[C@@H](C)C(=O)Nc2ccc(F)c(F)c2)cc1. The molecule has 0 aliphatic rings. The Morgan fingerprint density at radius 3 is 2.38 bits per heavy atom. The van der Waals surface area contributed by atoms with Crippen molar-refractivity contribution < 1.29 is 23.1 Å². The Labute approximate surface area is 138 Å². The van der Waals surface area contributed by atoms with Crippen LogP contribution in [-0.2, 0) is 20.7 Å². The standard InChI is InChI=1S/C18H17F2NO3/c1-11-3-5-13(6-4-11)9-17(22)24-12(2)18(23)21-14-7-8-15(19)16(20)10-14/h3-8,10,12H,9H2,1-2H3,(H,21,23)/t12-/m0/s1. The van der Waals surface area contributed by atoms with Gasteiger partial charge in [0.05, 0.1) is 6.42 Å². The van der Waals surface area contributed by atoms with E-state index in [0.29, 0.717) is 0 Å². The molecule has 0 saturated heterocycles. The minimum Gasteiger partial charge on any atom is -0.452 e. The van der Waals surface area contributed by atoms with Gasteiger partial charge in [0.1, 0.15) is 0 Å². The maximum Gasteiger partial charge on any atom is 0.311 e. The van der Waals surface area contributed by atoms with Crippen molar-refractivity contribution >= 4 is 17.6 Å². The first kappa shape index (κ1) is 17.6. The molecule has 0 spiro atoms. The smallest absolute Gasteiger partial charge is 0.311 e. The molecule has 2 rings (SSSR count). The van der Waals surface area contributed by atoms with Crippen LogP contribution in [0.3, 0.4) is 0 Å². The van der Waals surface area contributed by atoms with Crippen LogP contribution in [0.25, 0.3) is 0 Å². The maximum atomic E-state index is 13.1. The van der Waals surface area contributed by atoms with Crippen molar-refractivity contribution in [2.75, 3.05) is 5.32 Å². The number of hydrogen-bond acceptors (Lipinski definition) is 3. The molecule has 0 fully saturated rings. The van der Waals surface area contributed by atoms with E-state index in [1.807, 2.05) is 31.2 Å². The van der Waals surface area contributed by atoms with Gasteiger partial charge in [0.15, 0.2) is 17.7 Å². The Morgan fingerprint density at radius 1 is 1.08 bits per heavy atom. The highest BCUT2D eigenvalue weighted by molar-refractivity contribution is 5.95. The zero-order valence-corrected chi connectivity index (χ0v) is 13.3. The summed E-state index contributed by atoms with van der Waals surface area (Å²) < 4.78 is 31.0. The van der Waals surface area contributed by atoms with E-state index in [1.54, 1.807) is 0 Å². The molecule has 0 radical (unpaired) electrons. The molecule has 126 valence electrons. The molecule has 0 bridgehead atoms. The minimum absolute atomic E-state index is 0.0447. The van der Waals surface area contributed by atoms with Crippen LogP contribution in [-0.4, -0.2) is 18.0 Å². The van der Waals surface area contributed by atoms with Crippen molar-refractivity contribution in [1.29, 1.82) is 0 Å². The van der Waals surface area contributed by atoms with Crippen LogP contribution in [0.15, 0.2) is 42.5 Å². The number of ether oxygens (including phenoxy) is 1. The number of aryl methyl sites for hydroxylation is 1. The Morgan fingerprint density at radius 2 is 1.75 bits per heavy atom. The van der Waals surface area contributed by atoms with E-state index in [1.165, 1.54) is 13.0 Å². The average molecular weight is 333 g/mol. The van der Waals surface area contributed by atoms with Crippen LogP contribution in [0.1, 0.15) is 18.1 Å². The number of nitrogens with one attached hydrogen (secondary N) is 1. The quantitative estimate of drug-likeness (QED) is 0.854. The van der Waals surface area contributed by atoms with Crippen molar-refractivity contribution in [3.8, 4) is 0 Å². The van der Waals surface area contributed by atoms with Gasteiger partial charge in [-0.05, 0) is 31.5 Å². The van der Waals surface area contributed by atoms with Gasteiger partial charge in [-0.3, -0.25) is 9.59 Å². The summed E-state index contributed by atoms with van der Waals surface area (Å²) in [5, 5.41) is 2.36. The summed E-state index contributed by atoms with van der Waals surface area (Å²) in [5.41, 5.74) is 1.94. The molecule has 24 heavy (non-hydrogen) atoms. The van der Waals surface area contributed by atoms with Crippen molar-refractivity contribution in [2.24, 2.45) is 0 Å². The second-order valence-electron chi connectivity index (χ2n) is 5.41. The number of carbonyl (C=O) groups excluding carboxylic acids is 2. The maximum absolute atomic E-state index is 13.1. The van der Waals surface area contributed by atoms with Crippen LogP contribution in [0.5, 0.6) is 0 Å². The average Bonchev–Trinajstić information content (AvgIpc) is 2.53. The molecular weight excluding hydrogens is 316 g/mol. The third-order valence-electron chi connectivity index (χ3n) is 3.33. The first-order chi connectivity index (χ1) is 11.3. The molecule has 0 heterocycles. The largest absolute Gasteiger partial charge is 0.452 e. The topological polar surface area (TPSA) is 55.4 Å². The number of halogens is 2. The summed E-state index contributed by atoms with van der Waals surface area (Å²) in [6.45, 7) is 3.34. The summed E-state index contributed by atoms with van der Waals surface area (Å²) >= 11 is 0. The summed E-state index contributed by atoms with van der Waals surface area (Å²) in [7, 11) is 0. The zero-order valence-electron chi connectivity index (χ0n) is 13.3. The lowest BCUT2D eigenvalue weighted by Crippen LogP contribution is -2.30. The van der Waals surface area contributed by atoms with Crippen LogP contribution in [0.4, 0.5) is 14.5 Å². The van der Waals surface area contributed by atoms with Gasteiger partial charge >= 0.3 is 5.97 Å². The molecule has 2 aromatic rings. The fourth-order valence-corrected chi connectivity index (χ4v) is 1.98. The lowest BCUT2D eigenvalue weighted by atomic mass is 10.1.